The highest BCUT2D eigenvalue weighted by atomic mass is 16.6. The van der Waals surface area contributed by atoms with Gasteiger partial charge in [-0.1, -0.05) is 32.9 Å². The van der Waals surface area contributed by atoms with E-state index in [2.05, 4.69) is 5.32 Å². The fourth-order valence-corrected chi connectivity index (χ4v) is 1.40. The molecule has 18 heavy (non-hydrogen) atoms. The number of amides is 1. The lowest BCUT2D eigenvalue weighted by Crippen LogP contribution is -2.36. The molecular formula is C13H18N2O3. The lowest BCUT2D eigenvalue weighted by molar-refractivity contribution is -0.384. The number of carbonyl (C=O) groups is 1. The molecule has 0 heterocycles. The van der Waals surface area contributed by atoms with Gasteiger partial charge in [0, 0.05) is 17.5 Å². The van der Waals surface area contributed by atoms with Crippen molar-refractivity contribution < 1.29 is 9.72 Å². The normalized spacial score (nSPS) is 12.9. The van der Waals surface area contributed by atoms with Crippen LogP contribution in [0.2, 0.25) is 0 Å². The molecule has 0 aromatic heterocycles. The van der Waals surface area contributed by atoms with E-state index in [1.807, 2.05) is 27.7 Å². The highest BCUT2D eigenvalue weighted by Gasteiger charge is 2.23. The Hall–Kier alpha value is -1.91. The molecule has 98 valence electrons. The van der Waals surface area contributed by atoms with Crippen LogP contribution < -0.4 is 5.32 Å². The van der Waals surface area contributed by atoms with Crippen LogP contribution in [0.4, 0.5) is 5.69 Å². The van der Waals surface area contributed by atoms with Crippen LogP contribution >= 0.6 is 0 Å². The van der Waals surface area contributed by atoms with Gasteiger partial charge < -0.3 is 5.32 Å². The summed E-state index contributed by atoms with van der Waals surface area (Å²) in [6.45, 7) is 7.27. The zero-order valence-electron chi connectivity index (χ0n) is 11.1. The number of nitro benzene ring substituents is 1. The molecule has 5 heteroatoms. The van der Waals surface area contributed by atoms with Gasteiger partial charge in [-0.2, -0.15) is 0 Å². The van der Waals surface area contributed by atoms with Gasteiger partial charge in [-0.3, -0.25) is 14.9 Å². The molecule has 1 N–H and O–H groups in total. The van der Waals surface area contributed by atoms with E-state index in [0.717, 1.165) is 5.56 Å². The van der Waals surface area contributed by atoms with Crippen LogP contribution in [0.5, 0.6) is 0 Å². The summed E-state index contributed by atoms with van der Waals surface area (Å²) >= 11 is 0. The molecule has 0 saturated carbocycles. The monoisotopic (exact) mass is 250 g/mol. The van der Waals surface area contributed by atoms with Gasteiger partial charge in [0.1, 0.15) is 0 Å². The van der Waals surface area contributed by atoms with E-state index < -0.39 is 10.3 Å². The molecule has 0 aliphatic rings. The fraction of sp³-hybridized carbons (Fsp3) is 0.462. The topological polar surface area (TPSA) is 72.2 Å². The van der Waals surface area contributed by atoms with Gasteiger partial charge in [-0.05, 0) is 12.5 Å². The number of carbonyl (C=O) groups excluding carboxylic acids is 1. The maximum Gasteiger partial charge on any atom is 0.269 e. The number of benzene rings is 1. The van der Waals surface area contributed by atoms with Gasteiger partial charge in [-0.25, -0.2) is 0 Å². The zero-order valence-corrected chi connectivity index (χ0v) is 11.1. The van der Waals surface area contributed by atoms with E-state index in [1.54, 1.807) is 12.1 Å². The van der Waals surface area contributed by atoms with Crippen molar-refractivity contribution in [2.75, 3.05) is 0 Å². The molecule has 0 aliphatic heterocycles. The van der Waals surface area contributed by atoms with E-state index in [0.29, 0.717) is 0 Å². The Morgan fingerprint density at radius 1 is 1.39 bits per heavy atom. The van der Waals surface area contributed by atoms with Crippen molar-refractivity contribution in [1.82, 2.24) is 5.32 Å². The highest BCUT2D eigenvalue weighted by molar-refractivity contribution is 5.81. The zero-order chi connectivity index (χ0) is 13.9. The second-order valence-electron chi connectivity index (χ2n) is 5.30. The lowest BCUT2D eigenvalue weighted by Gasteiger charge is -2.22. The molecule has 1 aromatic rings. The SMILES string of the molecule is CC(NC(=O)C(C)(C)C)c1cccc([N+](=O)[O-])c1. The van der Waals surface area contributed by atoms with Crippen molar-refractivity contribution in [2.45, 2.75) is 33.7 Å². The predicted molar refractivity (Wildman–Crippen MR) is 69.1 cm³/mol. The Bertz CT molecular complexity index is 464. The van der Waals surface area contributed by atoms with Crippen molar-refractivity contribution >= 4 is 11.6 Å². The molecular weight excluding hydrogens is 232 g/mol. The Morgan fingerprint density at radius 3 is 2.50 bits per heavy atom. The Labute approximate surface area is 106 Å². The van der Waals surface area contributed by atoms with Crippen LogP contribution in [-0.4, -0.2) is 10.8 Å². The number of non-ortho nitro benzene ring substituents is 1. The molecule has 1 atom stereocenters. The van der Waals surface area contributed by atoms with Gasteiger partial charge in [-0.15, -0.1) is 0 Å². The molecule has 0 aliphatic carbocycles. The van der Waals surface area contributed by atoms with Crippen LogP contribution in [-0.2, 0) is 4.79 Å². The smallest absolute Gasteiger partial charge is 0.269 e. The maximum atomic E-state index is 11.8. The van der Waals surface area contributed by atoms with Crippen LogP contribution in [0.15, 0.2) is 24.3 Å². The van der Waals surface area contributed by atoms with Gasteiger partial charge in [0.2, 0.25) is 5.91 Å². The van der Waals surface area contributed by atoms with Crippen molar-refractivity contribution in [2.24, 2.45) is 5.41 Å². The summed E-state index contributed by atoms with van der Waals surface area (Å²) < 4.78 is 0. The Balaban J connectivity index is 2.85. The van der Waals surface area contributed by atoms with Crippen molar-refractivity contribution in [3.8, 4) is 0 Å². The standard InChI is InChI=1S/C13H18N2O3/c1-9(14-12(16)13(2,3)4)10-6-5-7-11(8-10)15(17)18/h5-9H,1-4H3,(H,14,16). The second-order valence-corrected chi connectivity index (χ2v) is 5.30. The Kier molecular flexibility index (Phi) is 4.06. The third-order valence-electron chi connectivity index (χ3n) is 2.61. The van der Waals surface area contributed by atoms with Crippen molar-refractivity contribution in [1.29, 1.82) is 0 Å². The fourth-order valence-electron chi connectivity index (χ4n) is 1.40. The van der Waals surface area contributed by atoms with Gasteiger partial charge in [0.15, 0.2) is 0 Å². The number of hydrogen-bond donors (Lipinski definition) is 1. The maximum absolute atomic E-state index is 11.8. The average Bonchev–Trinajstić information content (AvgIpc) is 2.27. The molecule has 5 nitrogen and oxygen atoms in total. The van der Waals surface area contributed by atoms with Crippen LogP contribution in [0.3, 0.4) is 0 Å². The first-order chi connectivity index (χ1) is 8.21. The summed E-state index contributed by atoms with van der Waals surface area (Å²) in [6.07, 6.45) is 0. The minimum absolute atomic E-state index is 0.0318. The van der Waals surface area contributed by atoms with Gasteiger partial charge >= 0.3 is 0 Å². The van der Waals surface area contributed by atoms with Crippen LogP contribution in [0.25, 0.3) is 0 Å². The van der Waals surface area contributed by atoms with E-state index >= 15 is 0 Å². The van der Waals surface area contributed by atoms with Crippen LogP contribution in [0, 0.1) is 15.5 Å². The van der Waals surface area contributed by atoms with E-state index in [1.165, 1.54) is 12.1 Å². The highest BCUT2D eigenvalue weighted by Crippen LogP contribution is 2.21. The molecule has 1 rings (SSSR count). The number of rotatable bonds is 3. The number of hydrogen-bond acceptors (Lipinski definition) is 3. The third-order valence-corrected chi connectivity index (χ3v) is 2.61. The number of nitro groups is 1. The molecule has 0 radical (unpaired) electrons. The first-order valence-corrected chi connectivity index (χ1v) is 5.77. The minimum atomic E-state index is -0.477. The molecule has 1 amide bonds. The lowest BCUT2D eigenvalue weighted by atomic mass is 9.94. The molecule has 1 unspecified atom stereocenters. The number of nitrogens with zero attached hydrogens (tertiary/aromatic N) is 1. The predicted octanol–water partition coefficient (Wildman–Crippen LogP) is 2.82. The van der Waals surface area contributed by atoms with Crippen molar-refractivity contribution in [3.63, 3.8) is 0 Å². The average molecular weight is 250 g/mol. The Morgan fingerprint density at radius 2 is 2.00 bits per heavy atom. The first kappa shape index (κ1) is 14.2. The van der Waals surface area contributed by atoms with Crippen LogP contribution in [0.1, 0.15) is 39.3 Å². The van der Waals surface area contributed by atoms with Crippen molar-refractivity contribution in [3.05, 3.63) is 39.9 Å². The number of nitrogens with one attached hydrogen (secondary N) is 1. The van der Waals surface area contributed by atoms with Gasteiger partial charge in [0.25, 0.3) is 5.69 Å². The molecule has 1 aromatic carbocycles. The third kappa shape index (κ3) is 3.55. The summed E-state index contributed by atoms with van der Waals surface area (Å²) in [5, 5.41) is 13.5. The quantitative estimate of drug-likeness (QED) is 0.662. The molecule has 0 bridgehead atoms. The summed E-state index contributed by atoms with van der Waals surface area (Å²) in [4.78, 5) is 22.1. The summed E-state index contributed by atoms with van der Waals surface area (Å²) in [6, 6.07) is 6.04. The minimum Gasteiger partial charge on any atom is -0.349 e. The van der Waals surface area contributed by atoms with E-state index in [-0.39, 0.29) is 17.6 Å². The molecule has 0 spiro atoms. The summed E-state index contributed by atoms with van der Waals surface area (Å²) in [5.41, 5.74) is 0.278. The molecule has 0 saturated heterocycles. The van der Waals surface area contributed by atoms with Gasteiger partial charge in [0.05, 0.1) is 11.0 Å². The van der Waals surface area contributed by atoms with E-state index in [9.17, 15) is 14.9 Å². The molecule has 0 fully saturated rings. The first-order valence-electron chi connectivity index (χ1n) is 5.77. The largest absolute Gasteiger partial charge is 0.349 e. The van der Waals surface area contributed by atoms with E-state index in [4.69, 9.17) is 0 Å². The second kappa shape index (κ2) is 5.16. The summed E-state index contributed by atoms with van der Waals surface area (Å²) in [7, 11) is 0. The summed E-state index contributed by atoms with van der Waals surface area (Å²) in [5.74, 6) is -0.0819.